The highest BCUT2D eigenvalue weighted by molar-refractivity contribution is 9.10. The number of hydrogen-bond donors (Lipinski definition) is 1. The summed E-state index contributed by atoms with van der Waals surface area (Å²) in [7, 11) is 2.10. The fraction of sp³-hybridized carbons (Fsp3) is 0.375. The van der Waals surface area contributed by atoms with E-state index >= 15 is 0 Å². The summed E-state index contributed by atoms with van der Waals surface area (Å²) < 4.78 is 6.76. The molecule has 0 bridgehead atoms. The van der Waals surface area contributed by atoms with E-state index in [1.54, 1.807) is 0 Å². The summed E-state index contributed by atoms with van der Waals surface area (Å²) in [5.74, 6) is 1.01. The third-order valence-electron chi connectivity index (χ3n) is 3.11. The third-order valence-corrected chi connectivity index (χ3v) is 3.88. The molecule has 0 amide bonds. The van der Waals surface area contributed by atoms with Crippen LogP contribution in [0.15, 0.2) is 45.5 Å². The molecule has 0 aliphatic carbocycles. The maximum absolute atomic E-state index is 5.61. The van der Waals surface area contributed by atoms with Crippen LogP contribution in [0.3, 0.4) is 0 Å². The lowest BCUT2D eigenvalue weighted by Crippen LogP contribution is -2.17. The minimum absolute atomic E-state index is 0.813. The fourth-order valence-electron chi connectivity index (χ4n) is 2.11. The van der Waals surface area contributed by atoms with Crippen molar-refractivity contribution in [3.63, 3.8) is 0 Å². The number of rotatable bonds is 7. The van der Waals surface area contributed by atoms with E-state index in [-0.39, 0.29) is 0 Å². The Morgan fingerprint density at radius 1 is 1.25 bits per heavy atom. The van der Waals surface area contributed by atoms with E-state index < -0.39 is 0 Å². The number of benzene rings is 1. The van der Waals surface area contributed by atoms with Gasteiger partial charge in [0.15, 0.2) is 0 Å². The molecule has 0 aliphatic rings. The molecule has 0 fully saturated rings. The van der Waals surface area contributed by atoms with Crippen molar-refractivity contribution in [2.75, 3.05) is 13.6 Å². The van der Waals surface area contributed by atoms with Crippen LogP contribution < -0.4 is 5.32 Å². The summed E-state index contributed by atoms with van der Waals surface area (Å²) in [5, 5.41) is 3.30. The number of nitrogens with one attached hydrogen (secondary N) is 1. The van der Waals surface area contributed by atoms with E-state index in [4.69, 9.17) is 4.42 Å². The standard InChI is InChI=1S/C16H21BrN2O/c1-3-18-9-13-8-15(20-12-13)11-19(2)10-14-6-4-5-7-16(14)17/h4-8,12,18H,3,9-11H2,1-2H3. The van der Waals surface area contributed by atoms with Crippen LogP contribution in [-0.2, 0) is 19.6 Å². The Hall–Kier alpha value is -1.10. The molecule has 1 aromatic carbocycles. The molecule has 0 atom stereocenters. The topological polar surface area (TPSA) is 28.4 Å². The van der Waals surface area contributed by atoms with Crippen LogP contribution in [0, 0.1) is 0 Å². The zero-order valence-corrected chi connectivity index (χ0v) is 13.6. The first-order valence-corrected chi connectivity index (χ1v) is 7.67. The monoisotopic (exact) mass is 336 g/mol. The molecule has 4 heteroatoms. The van der Waals surface area contributed by atoms with Gasteiger partial charge in [0.2, 0.25) is 0 Å². The average Bonchev–Trinajstić information content (AvgIpc) is 2.86. The minimum Gasteiger partial charge on any atom is -0.468 e. The Morgan fingerprint density at radius 2 is 2.05 bits per heavy atom. The van der Waals surface area contributed by atoms with Gasteiger partial charge in [-0.3, -0.25) is 4.90 Å². The van der Waals surface area contributed by atoms with Crippen molar-refractivity contribution >= 4 is 15.9 Å². The highest BCUT2D eigenvalue weighted by Crippen LogP contribution is 2.18. The van der Waals surface area contributed by atoms with E-state index in [9.17, 15) is 0 Å². The maximum atomic E-state index is 5.61. The van der Waals surface area contributed by atoms with Crippen molar-refractivity contribution in [3.05, 3.63) is 58.0 Å². The molecule has 0 spiro atoms. The lowest BCUT2D eigenvalue weighted by molar-refractivity contribution is 0.287. The lowest BCUT2D eigenvalue weighted by atomic mass is 10.2. The first kappa shape index (κ1) is 15.3. The van der Waals surface area contributed by atoms with Gasteiger partial charge in [-0.2, -0.15) is 0 Å². The smallest absolute Gasteiger partial charge is 0.118 e. The largest absolute Gasteiger partial charge is 0.468 e. The molecule has 2 aromatic rings. The van der Waals surface area contributed by atoms with E-state index in [0.29, 0.717) is 0 Å². The molecule has 3 nitrogen and oxygen atoms in total. The van der Waals surface area contributed by atoms with Crippen LogP contribution in [0.1, 0.15) is 23.8 Å². The molecule has 0 saturated carbocycles. The number of nitrogens with zero attached hydrogens (tertiary/aromatic N) is 1. The predicted molar refractivity (Wildman–Crippen MR) is 85.4 cm³/mol. The summed E-state index contributed by atoms with van der Waals surface area (Å²) in [4.78, 5) is 2.25. The van der Waals surface area contributed by atoms with Gasteiger partial charge in [0.05, 0.1) is 12.8 Å². The molecule has 0 radical (unpaired) electrons. The van der Waals surface area contributed by atoms with Gasteiger partial charge in [0.25, 0.3) is 0 Å². The molecule has 108 valence electrons. The van der Waals surface area contributed by atoms with Crippen molar-refractivity contribution < 1.29 is 4.42 Å². The molecule has 0 unspecified atom stereocenters. The van der Waals surface area contributed by atoms with Gasteiger partial charge in [-0.15, -0.1) is 0 Å². The SMILES string of the molecule is CCNCc1coc(CN(C)Cc2ccccc2Br)c1. The van der Waals surface area contributed by atoms with E-state index in [1.165, 1.54) is 11.1 Å². The minimum atomic E-state index is 0.813. The van der Waals surface area contributed by atoms with E-state index in [1.807, 2.05) is 12.3 Å². The van der Waals surface area contributed by atoms with Gasteiger partial charge in [0, 0.05) is 23.1 Å². The molecule has 0 aliphatic heterocycles. The highest BCUT2D eigenvalue weighted by Gasteiger charge is 2.07. The molecular weight excluding hydrogens is 316 g/mol. The number of furan rings is 1. The number of halogens is 1. The van der Waals surface area contributed by atoms with Gasteiger partial charge in [0.1, 0.15) is 5.76 Å². The first-order valence-electron chi connectivity index (χ1n) is 6.88. The second-order valence-corrected chi connectivity index (χ2v) is 5.82. The van der Waals surface area contributed by atoms with Crippen molar-refractivity contribution in [1.82, 2.24) is 10.2 Å². The zero-order chi connectivity index (χ0) is 14.4. The van der Waals surface area contributed by atoms with Crippen LogP contribution in [0.4, 0.5) is 0 Å². The fourth-order valence-corrected chi connectivity index (χ4v) is 2.52. The molecule has 20 heavy (non-hydrogen) atoms. The number of hydrogen-bond acceptors (Lipinski definition) is 3. The summed E-state index contributed by atoms with van der Waals surface area (Å²) in [6.07, 6.45) is 1.84. The maximum Gasteiger partial charge on any atom is 0.118 e. The Bertz CT molecular complexity index is 539. The van der Waals surface area contributed by atoms with Crippen LogP contribution in [0.5, 0.6) is 0 Å². The van der Waals surface area contributed by atoms with Crippen molar-refractivity contribution in [1.29, 1.82) is 0 Å². The van der Waals surface area contributed by atoms with E-state index in [2.05, 4.69) is 64.4 Å². The molecule has 1 aromatic heterocycles. The second kappa shape index (κ2) is 7.62. The zero-order valence-electron chi connectivity index (χ0n) is 12.0. The lowest BCUT2D eigenvalue weighted by Gasteiger charge is -2.16. The Balaban J connectivity index is 1.89. The predicted octanol–water partition coefficient (Wildman–Crippen LogP) is 3.78. The summed E-state index contributed by atoms with van der Waals surface area (Å²) in [6.45, 7) is 5.65. The first-order chi connectivity index (χ1) is 9.69. The van der Waals surface area contributed by atoms with Gasteiger partial charge in [-0.1, -0.05) is 41.1 Å². The highest BCUT2D eigenvalue weighted by atomic mass is 79.9. The third kappa shape index (κ3) is 4.47. The van der Waals surface area contributed by atoms with Crippen molar-refractivity contribution in [3.8, 4) is 0 Å². The van der Waals surface area contributed by atoms with Gasteiger partial charge >= 0.3 is 0 Å². The summed E-state index contributed by atoms with van der Waals surface area (Å²) in [6, 6.07) is 10.4. The molecule has 1 heterocycles. The molecule has 0 saturated heterocycles. The molecular formula is C16H21BrN2O. The Labute approximate surface area is 129 Å². The van der Waals surface area contributed by atoms with Gasteiger partial charge < -0.3 is 9.73 Å². The normalized spacial score (nSPS) is 11.2. The second-order valence-electron chi connectivity index (χ2n) is 4.97. The van der Waals surface area contributed by atoms with Crippen LogP contribution in [0.25, 0.3) is 0 Å². The molecule has 1 N–H and O–H groups in total. The Morgan fingerprint density at radius 3 is 2.80 bits per heavy atom. The molecule has 2 rings (SSSR count). The van der Waals surface area contributed by atoms with E-state index in [0.717, 1.165) is 36.4 Å². The van der Waals surface area contributed by atoms with Crippen LogP contribution in [0.2, 0.25) is 0 Å². The van der Waals surface area contributed by atoms with Crippen molar-refractivity contribution in [2.24, 2.45) is 0 Å². The van der Waals surface area contributed by atoms with Gasteiger partial charge in [-0.25, -0.2) is 0 Å². The van der Waals surface area contributed by atoms with Crippen LogP contribution >= 0.6 is 15.9 Å². The summed E-state index contributed by atoms with van der Waals surface area (Å²) >= 11 is 3.58. The van der Waals surface area contributed by atoms with Crippen molar-refractivity contribution in [2.45, 2.75) is 26.6 Å². The summed E-state index contributed by atoms with van der Waals surface area (Å²) in [5.41, 5.74) is 2.49. The van der Waals surface area contributed by atoms with Gasteiger partial charge in [-0.05, 0) is 31.3 Å². The Kier molecular flexibility index (Phi) is 5.83. The average molecular weight is 337 g/mol. The quantitative estimate of drug-likeness (QED) is 0.833. The van der Waals surface area contributed by atoms with Crippen LogP contribution in [-0.4, -0.2) is 18.5 Å².